The first-order valence-corrected chi connectivity index (χ1v) is 6.28. The van der Waals surface area contributed by atoms with Crippen molar-refractivity contribution in [1.29, 1.82) is 0 Å². The molecule has 0 aliphatic rings. The summed E-state index contributed by atoms with van der Waals surface area (Å²) in [5.74, 6) is 0. The molecule has 1 heterocycles. The molecule has 0 radical (unpaired) electrons. The molecule has 0 aliphatic carbocycles. The van der Waals surface area contributed by atoms with Gasteiger partial charge in [0.25, 0.3) is 0 Å². The van der Waals surface area contributed by atoms with Crippen molar-refractivity contribution >= 4 is 0 Å². The van der Waals surface area contributed by atoms with Gasteiger partial charge in [0.1, 0.15) is 0 Å². The standard InChI is InChI=1S/C15H21N3/c1-10-7-6-8-13(9-10)15(16-4)14-11(2)17-18(5)12(14)3/h6-9,15-16H,1-5H3. The second-order valence-electron chi connectivity index (χ2n) is 4.84. The maximum atomic E-state index is 4.50. The van der Waals surface area contributed by atoms with Gasteiger partial charge in [-0.2, -0.15) is 5.10 Å². The van der Waals surface area contributed by atoms with E-state index in [-0.39, 0.29) is 6.04 Å². The van der Waals surface area contributed by atoms with Crippen LogP contribution in [0.25, 0.3) is 0 Å². The predicted molar refractivity (Wildman–Crippen MR) is 74.8 cm³/mol. The summed E-state index contributed by atoms with van der Waals surface area (Å²) in [6.07, 6.45) is 0. The second-order valence-corrected chi connectivity index (χ2v) is 4.84. The fourth-order valence-corrected chi connectivity index (χ4v) is 2.54. The summed E-state index contributed by atoms with van der Waals surface area (Å²) < 4.78 is 1.95. The summed E-state index contributed by atoms with van der Waals surface area (Å²) in [6, 6.07) is 8.83. The number of hydrogen-bond donors (Lipinski definition) is 1. The number of benzene rings is 1. The first-order valence-electron chi connectivity index (χ1n) is 6.28. The van der Waals surface area contributed by atoms with Crippen molar-refractivity contribution in [2.75, 3.05) is 7.05 Å². The van der Waals surface area contributed by atoms with Gasteiger partial charge in [-0.1, -0.05) is 29.8 Å². The molecule has 3 heteroatoms. The Morgan fingerprint density at radius 1 is 1.22 bits per heavy atom. The van der Waals surface area contributed by atoms with E-state index in [4.69, 9.17) is 0 Å². The number of nitrogens with one attached hydrogen (secondary N) is 1. The van der Waals surface area contributed by atoms with Crippen LogP contribution in [-0.4, -0.2) is 16.8 Å². The van der Waals surface area contributed by atoms with E-state index < -0.39 is 0 Å². The van der Waals surface area contributed by atoms with E-state index in [0.29, 0.717) is 0 Å². The van der Waals surface area contributed by atoms with Gasteiger partial charge in [-0.25, -0.2) is 0 Å². The van der Waals surface area contributed by atoms with E-state index in [2.05, 4.69) is 55.5 Å². The fourth-order valence-electron chi connectivity index (χ4n) is 2.54. The van der Waals surface area contributed by atoms with Crippen LogP contribution in [0.15, 0.2) is 24.3 Å². The van der Waals surface area contributed by atoms with Gasteiger partial charge in [0, 0.05) is 18.3 Å². The third-order valence-corrected chi connectivity index (χ3v) is 3.52. The van der Waals surface area contributed by atoms with Crippen LogP contribution in [0, 0.1) is 20.8 Å². The van der Waals surface area contributed by atoms with Gasteiger partial charge in [0.05, 0.1) is 11.7 Å². The van der Waals surface area contributed by atoms with E-state index in [1.165, 1.54) is 22.4 Å². The molecule has 1 aromatic carbocycles. The molecule has 0 bridgehead atoms. The van der Waals surface area contributed by atoms with Gasteiger partial charge in [-0.05, 0) is 33.4 Å². The molecule has 0 amide bonds. The SMILES string of the molecule is CNC(c1cccc(C)c1)c1c(C)nn(C)c1C. The Bertz CT molecular complexity index is 555. The van der Waals surface area contributed by atoms with E-state index >= 15 is 0 Å². The Labute approximate surface area is 109 Å². The number of aryl methyl sites for hydroxylation is 3. The predicted octanol–water partition coefficient (Wildman–Crippen LogP) is 2.65. The van der Waals surface area contributed by atoms with E-state index in [1.807, 2.05) is 18.8 Å². The van der Waals surface area contributed by atoms with Crippen LogP contribution in [0.1, 0.15) is 34.1 Å². The molecule has 1 N–H and O–H groups in total. The van der Waals surface area contributed by atoms with Gasteiger partial charge in [0.2, 0.25) is 0 Å². The highest BCUT2D eigenvalue weighted by molar-refractivity contribution is 5.38. The van der Waals surface area contributed by atoms with Crippen LogP contribution in [-0.2, 0) is 7.05 Å². The lowest BCUT2D eigenvalue weighted by Crippen LogP contribution is -2.19. The molecule has 1 aromatic heterocycles. The molecule has 2 rings (SSSR count). The maximum Gasteiger partial charge on any atom is 0.0647 e. The highest BCUT2D eigenvalue weighted by Gasteiger charge is 2.20. The lowest BCUT2D eigenvalue weighted by molar-refractivity contribution is 0.677. The fraction of sp³-hybridized carbons (Fsp3) is 0.400. The Morgan fingerprint density at radius 3 is 2.44 bits per heavy atom. The van der Waals surface area contributed by atoms with Crippen LogP contribution >= 0.6 is 0 Å². The van der Waals surface area contributed by atoms with Crippen LogP contribution in [0.4, 0.5) is 0 Å². The highest BCUT2D eigenvalue weighted by atomic mass is 15.3. The van der Waals surface area contributed by atoms with E-state index in [9.17, 15) is 0 Å². The molecular formula is C15H21N3. The quantitative estimate of drug-likeness (QED) is 0.898. The Kier molecular flexibility index (Phi) is 3.53. The minimum absolute atomic E-state index is 0.207. The van der Waals surface area contributed by atoms with Crippen molar-refractivity contribution in [3.63, 3.8) is 0 Å². The van der Waals surface area contributed by atoms with Crippen molar-refractivity contribution in [3.8, 4) is 0 Å². The van der Waals surface area contributed by atoms with Gasteiger partial charge in [0.15, 0.2) is 0 Å². The third-order valence-electron chi connectivity index (χ3n) is 3.52. The molecule has 1 unspecified atom stereocenters. The summed E-state index contributed by atoms with van der Waals surface area (Å²) in [5, 5.41) is 7.91. The zero-order valence-corrected chi connectivity index (χ0v) is 11.8. The van der Waals surface area contributed by atoms with Gasteiger partial charge < -0.3 is 5.32 Å². The Hall–Kier alpha value is -1.61. The monoisotopic (exact) mass is 243 g/mol. The average Bonchev–Trinajstić information content (AvgIpc) is 2.57. The molecule has 1 atom stereocenters. The molecule has 96 valence electrons. The summed E-state index contributed by atoms with van der Waals surface area (Å²) >= 11 is 0. The number of rotatable bonds is 3. The van der Waals surface area contributed by atoms with Crippen molar-refractivity contribution in [2.24, 2.45) is 7.05 Å². The van der Waals surface area contributed by atoms with E-state index in [1.54, 1.807) is 0 Å². The molecular weight excluding hydrogens is 222 g/mol. The summed E-state index contributed by atoms with van der Waals surface area (Å²) in [5.41, 5.74) is 6.17. The van der Waals surface area contributed by atoms with Gasteiger partial charge in [-0.3, -0.25) is 4.68 Å². The largest absolute Gasteiger partial charge is 0.309 e. The van der Waals surface area contributed by atoms with E-state index in [0.717, 1.165) is 5.69 Å². The topological polar surface area (TPSA) is 29.9 Å². The Balaban J connectivity index is 2.52. The molecule has 0 spiro atoms. The maximum absolute atomic E-state index is 4.50. The average molecular weight is 243 g/mol. The van der Waals surface area contributed by atoms with Gasteiger partial charge >= 0.3 is 0 Å². The minimum Gasteiger partial charge on any atom is -0.309 e. The lowest BCUT2D eigenvalue weighted by Gasteiger charge is -2.18. The van der Waals surface area contributed by atoms with Gasteiger partial charge in [-0.15, -0.1) is 0 Å². The summed E-state index contributed by atoms with van der Waals surface area (Å²) in [7, 11) is 3.99. The van der Waals surface area contributed by atoms with Crippen LogP contribution < -0.4 is 5.32 Å². The smallest absolute Gasteiger partial charge is 0.0647 e. The zero-order chi connectivity index (χ0) is 13.3. The third kappa shape index (κ3) is 2.18. The molecule has 0 saturated carbocycles. The summed E-state index contributed by atoms with van der Waals surface area (Å²) in [6.45, 7) is 6.32. The molecule has 18 heavy (non-hydrogen) atoms. The van der Waals surface area contributed by atoms with Crippen LogP contribution in [0.3, 0.4) is 0 Å². The first-order chi connectivity index (χ1) is 8.54. The number of nitrogens with zero attached hydrogens (tertiary/aromatic N) is 2. The van der Waals surface area contributed by atoms with Crippen molar-refractivity contribution < 1.29 is 0 Å². The zero-order valence-electron chi connectivity index (χ0n) is 11.8. The molecule has 2 aromatic rings. The molecule has 3 nitrogen and oxygen atoms in total. The van der Waals surface area contributed by atoms with Crippen LogP contribution in [0.5, 0.6) is 0 Å². The first kappa shape index (κ1) is 12.8. The number of aromatic nitrogens is 2. The minimum atomic E-state index is 0.207. The summed E-state index contributed by atoms with van der Waals surface area (Å²) in [4.78, 5) is 0. The Morgan fingerprint density at radius 2 is 1.94 bits per heavy atom. The highest BCUT2D eigenvalue weighted by Crippen LogP contribution is 2.27. The van der Waals surface area contributed by atoms with Crippen molar-refractivity contribution in [3.05, 3.63) is 52.3 Å². The van der Waals surface area contributed by atoms with Crippen molar-refractivity contribution in [1.82, 2.24) is 15.1 Å². The van der Waals surface area contributed by atoms with Crippen LogP contribution in [0.2, 0.25) is 0 Å². The second kappa shape index (κ2) is 4.94. The molecule has 0 saturated heterocycles. The number of hydrogen-bond acceptors (Lipinski definition) is 2. The van der Waals surface area contributed by atoms with Crippen molar-refractivity contribution in [2.45, 2.75) is 26.8 Å². The normalized spacial score (nSPS) is 12.7. The molecule has 0 aliphatic heterocycles. The lowest BCUT2D eigenvalue weighted by atomic mass is 9.96. The molecule has 0 fully saturated rings.